The fourth-order valence-corrected chi connectivity index (χ4v) is 2.63. The Morgan fingerprint density at radius 3 is 2.64 bits per heavy atom. The average Bonchev–Trinajstić information content (AvgIpc) is 3.20. The number of guanidine groups is 1. The standard InChI is InChI=1S/C15H25N7OS.HI/c1-10(2)13-20-12(23-21-13)6-7-17-14(16-3)18-8-11-9-24-15(19-11)22(4)5;/h9-10H,6-8H2,1-5H3,(H2,16,17,18);1H. The Balaban J connectivity index is 0.00000312. The maximum Gasteiger partial charge on any atom is 0.228 e. The van der Waals surface area contributed by atoms with Gasteiger partial charge in [-0.15, -0.1) is 35.3 Å². The molecule has 0 aromatic carbocycles. The topological polar surface area (TPSA) is 91.5 Å². The number of hydrogen-bond acceptors (Lipinski definition) is 7. The highest BCUT2D eigenvalue weighted by atomic mass is 127. The zero-order valence-electron chi connectivity index (χ0n) is 15.2. The monoisotopic (exact) mass is 479 g/mol. The number of hydrogen-bond donors (Lipinski definition) is 2. The Kier molecular flexibility index (Phi) is 9.11. The molecule has 0 aliphatic heterocycles. The number of nitrogens with zero attached hydrogens (tertiary/aromatic N) is 5. The van der Waals surface area contributed by atoms with Crippen LogP contribution in [0.15, 0.2) is 14.9 Å². The van der Waals surface area contributed by atoms with Crippen molar-refractivity contribution in [2.45, 2.75) is 32.7 Å². The molecule has 0 atom stereocenters. The molecule has 2 aromatic rings. The summed E-state index contributed by atoms with van der Waals surface area (Å²) < 4.78 is 5.22. The molecule has 0 fully saturated rings. The van der Waals surface area contributed by atoms with E-state index in [4.69, 9.17) is 4.52 Å². The Labute approximate surface area is 169 Å². The first kappa shape index (κ1) is 21.6. The minimum absolute atomic E-state index is 0. The van der Waals surface area contributed by atoms with Crippen LogP contribution in [0.4, 0.5) is 5.13 Å². The van der Waals surface area contributed by atoms with E-state index in [0.717, 1.165) is 22.6 Å². The maximum atomic E-state index is 5.22. The summed E-state index contributed by atoms with van der Waals surface area (Å²) in [7, 11) is 5.71. The number of nitrogens with one attached hydrogen (secondary N) is 2. The molecule has 0 spiro atoms. The summed E-state index contributed by atoms with van der Waals surface area (Å²) in [5.41, 5.74) is 0.991. The van der Waals surface area contributed by atoms with Gasteiger partial charge in [-0.05, 0) is 0 Å². The normalized spacial score (nSPS) is 11.4. The van der Waals surface area contributed by atoms with Gasteiger partial charge < -0.3 is 20.1 Å². The van der Waals surface area contributed by atoms with Crippen LogP contribution in [-0.2, 0) is 13.0 Å². The van der Waals surface area contributed by atoms with Crippen molar-refractivity contribution in [3.05, 3.63) is 22.8 Å². The van der Waals surface area contributed by atoms with E-state index in [2.05, 4.69) is 30.8 Å². The molecule has 0 aliphatic carbocycles. The van der Waals surface area contributed by atoms with Crippen LogP contribution in [0, 0.1) is 0 Å². The lowest BCUT2D eigenvalue weighted by Crippen LogP contribution is -2.38. The van der Waals surface area contributed by atoms with Gasteiger partial charge >= 0.3 is 0 Å². The number of thiazole rings is 1. The van der Waals surface area contributed by atoms with Gasteiger partial charge in [0.2, 0.25) is 5.89 Å². The lowest BCUT2D eigenvalue weighted by Gasteiger charge is -2.10. The summed E-state index contributed by atoms with van der Waals surface area (Å²) in [5, 5.41) is 13.5. The Morgan fingerprint density at radius 2 is 2.08 bits per heavy atom. The van der Waals surface area contributed by atoms with Crippen molar-refractivity contribution in [1.29, 1.82) is 0 Å². The van der Waals surface area contributed by atoms with Gasteiger partial charge in [0.05, 0.1) is 12.2 Å². The van der Waals surface area contributed by atoms with Crippen molar-refractivity contribution in [2.24, 2.45) is 4.99 Å². The third-order valence-electron chi connectivity index (χ3n) is 3.21. The number of halogens is 1. The molecule has 2 N–H and O–H groups in total. The fraction of sp³-hybridized carbons (Fsp3) is 0.600. The van der Waals surface area contributed by atoms with E-state index in [0.29, 0.717) is 25.4 Å². The van der Waals surface area contributed by atoms with E-state index in [1.807, 2.05) is 38.2 Å². The molecule has 10 heteroatoms. The van der Waals surface area contributed by atoms with Crippen LogP contribution < -0.4 is 15.5 Å². The summed E-state index contributed by atoms with van der Waals surface area (Å²) in [6, 6.07) is 0. The van der Waals surface area contributed by atoms with Crippen molar-refractivity contribution >= 4 is 46.4 Å². The number of aromatic nitrogens is 3. The lowest BCUT2D eigenvalue weighted by atomic mass is 10.2. The van der Waals surface area contributed by atoms with Gasteiger partial charge in [-0.25, -0.2) is 4.98 Å². The van der Waals surface area contributed by atoms with Crippen LogP contribution in [0.25, 0.3) is 0 Å². The SMILES string of the molecule is CN=C(NCCc1nc(C(C)C)no1)NCc1csc(N(C)C)n1.I. The molecule has 0 radical (unpaired) electrons. The smallest absolute Gasteiger partial charge is 0.228 e. The molecule has 2 heterocycles. The first-order valence-electron chi connectivity index (χ1n) is 7.88. The van der Waals surface area contributed by atoms with Gasteiger partial charge in [-0.2, -0.15) is 4.98 Å². The molecule has 0 aliphatic rings. The van der Waals surface area contributed by atoms with Gasteiger partial charge in [-0.3, -0.25) is 4.99 Å². The van der Waals surface area contributed by atoms with Crippen LogP contribution in [0.5, 0.6) is 0 Å². The van der Waals surface area contributed by atoms with Gasteiger partial charge in [0.15, 0.2) is 16.9 Å². The van der Waals surface area contributed by atoms with E-state index < -0.39 is 0 Å². The van der Waals surface area contributed by atoms with E-state index in [1.54, 1.807) is 18.4 Å². The minimum atomic E-state index is 0. The van der Waals surface area contributed by atoms with Crippen molar-refractivity contribution in [2.75, 3.05) is 32.6 Å². The molecule has 0 amide bonds. The van der Waals surface area contributed by atoms with Gasteiger partial charge in [0, 0.05) is 45.4 Å². The van der Waals surface area contributed by atoms with E-state index in [9.17, 15) is 0 Å². The van der Waals surface area contributed by atoms with E-state index in [-0.39, 0.29) is 29.9 Å². The molecule has 0 bridgehead atoms. The number of anilines is 1. The third kappa shape index (κ3) is 6.77. The second-order valence-corrected chi connectivity index (χ2v) is 6.66. The molecule has 0 saturated heterocycles. The molecular formula is C15H26IN7OS. The predicted octanol–water partition coefficient (Wildman–Crippen LogP) is 2.24. The van der Waals surface area contributed by atoms with Crippen LogP contribution >= 0.6 is 35.3 Å². The van der Waals surface area contributed by atoms with E-state index in [1.165, 1.54) is 0 Å². The van der Waals surface area contributed by atoms with Crippen molar-refractivity contribution in [3.63, 3.8) is 0 Å². The van der Waals surface area contributed by atoms with Crippen LogP contribution in [0.3, 0.4) is 0 Å². The molecule has 140 valence electrons. The Morgan fingerprint density at radius 1 is 1.32 bits per heavy atom. The minimum Gasteiger partial charge on any atom is -0.356 e. The molecular weight excluding hydrogens is 453 g/mol. The third-order valence-corrected chi connectivity index (χ3v) is 4.27. The molecule has 2 rings (SSSR count). The second-order valence-electron chi connectivity index (χ2n) is 5.82. The van der Waals surface area contributed by atoms with Crippen LogP contribution in [0.1, 0.15) is 37.2 Å². The van der Waals surface area contributed by atoms with Gasteiger partial charge in [0.25, 0.3) is 0 Å². The van der Waals surface area contributed by atoms with Gasteiger partial charge in [-0.1, -0.05) is 19.0 Å². The van der Waals surface area contributed by atoms with Crippen molar-refractivity contribution in [1.82, 2.24) is 25.8 Å². The molecule has 8 nitrogen and oxygen atoms in total. The Bertz CT molecular complexity index is 668. The van der Waals surface area contributed by atoms with Crippen molar-refractivity contribution < 1.29 is 4.52 Å². The van der Waals surface area contributed by atoms with Crippen molar-refractivity contribution in [3.8, 4) is 0 Å². The van der Waals surface area contributed by atoms with Crippen LogP contribution in [-0.4, -0.2) is 48.8 Å². The summed E-state index contributed by atoms with van der Waals surface area (Å²) in [4.78, 5) is 15.1. The molecule has 0 saturated carbocycles. The summed E-state index contributed by atoms with van der Waals surface area (Å²) in [6.45, 7) is 5.37. The Hall–Kier alpha value is -1.43. The van der Waals surface area contributed by atoms with E-state index >= 15 is 0 Å². The van der Waals surface area contributed by atoms with Gasteiger partial charge in [0.1, 0.15) is 0 Å². The molecule has 0 unspecified atom stereocenters. The lowest BCUT2D eigenvalue weighted by molar-refractivity contribution is 0.371. The maximum absolute atomic E-state index is 5.22. The van der Waals surface area contributed by atoms with Crippen LogP contribution in [0.2, 0.25) is 0 Å². The first-order chi connectivity index (χ1) is 11.5. The fourth-order valence-electron chi connectivity index (χ4n) is 1.87. The molecule has 25 heavy (non-hydrogen) atoms. The zero-order valence-corrected chi connectivity index (χ0v) is 18.4. The average molecular weight is 479 g/mol. The largest absolute Gasteiger partial charge is 0.356 e. The summed E-state index contributed by atoms with van der Waals surface area (Å²) in [5.74, 6) is 2.37. The first-order valence-corrected chi connectivity index (χ1v) is 8.76. The number of rotatable bonds is 7. The predicted molar refractivity (Wildman–Crippen MR) is 112 cm³/mol. The highest BCUT2D eigenvalue weighted by Crippen LogP contribution is 2.17. The highest BCUT2D eigenvalue weighted by Gasteiger charge is 2.09. The zero-order chi connectivity index (χ0) is 17.5. The second kappa shape index (κ2) is 10.5. The molecule has 2 aromatic heterocycles. The quantitative estimate of drug-likeness (QED) is 0.358. The summed E-state index contributed by atoms with van der Waals surface area (Å²) in [6.07, 6.45) is 0.655. The summed E-state index contributed by atoms with van der Waals surface area (Å²) >= 11 is 1.62. The number of aliphatic imine (C=N–C) groups is 1. The highest BCUT2D eigenvalue weighted by molar-refractivity contribution is 14.0.